The smallest absolute Gasteiger partial charge is 0.318 e. The van der Waals surface area contributed by atoms with E-state index in [1.165, 1.54) is 6.20 Å². The summed E-state index contributed by atoms with van der Waals surface area (Å²) in [6.45, 7) is 5.56. The number of halogens is 1. The molecule has 1 aliphatic heterocycles. The van der Waals surface area contributed by atoms with Crippen LogP contribution in [0.2, 0.25) is 0 Å². The number of carbonyl (C=O) groups is 1. The van der Waals surface area contributed by atoms with Crippen molar-refractivity contribution in [2.24, 2.45) is 0 Å². The van der Waals surface area contributed by atoms with Crippen LogP contribution in [0.1, 0.15) is 25.5 Å². The Kier molecular flexibility index (Phi) is 5.78. The Hall–Kier alpha value is -2.83. The lowest BCUT2D eigenvalue weighted by atomic mass is 10.1. The zero-order valence-electron chi connectivity index (χ0n) is 15.9. The van der Waals surface area contributed by atoms with Crippen molar-refractivity contribution in [3.63, 3.8) is 0 Å². The summed E-state index contributed by atoms with van der Waals surface area (Å²) in [6, 6.07) is 9.07. The van der Waals surface area contributed by atoms with Crippen LogP contribution in [0.15, 0.2) is 42.7 Å². The number of carbonyl (C=O) groups excluding carboxylic acids is 1. The molecule has 27 heavy (non-hydrogen) atoms. The number of methoxy groups -OCH3 is 1. The molecule has 1 aromatic heterocycles. The molecule has 1 N–H and O–H groups in total. The third-order valence-corrected chi connectivity index (χ3v) is 4.91. The lowest BCUT2D eigenvalue weighted by molar-refractivity contribution is 0.183. The molecular formula is C20H25FN4O2. The molecule has 1 aromatic carbocycles. The SMILES string of the molecule is COc1cccc([C@@H](C)NC(=O)N2CCN(c3ccncc3F)[C@@H](C)C2)c1. The van der Waals surface area contributed by atoms with E-state index >= 15 is 0 Å². The summed E-state index contributed by atoms with van der Waals surface area (Å²) in [6.07, 6.45) is 2.80. The fraction of sp³-hybridized carbons (Fsp3) is 0.400. The van der Waals surface area contributed by atoms with Gasteiger partial charge >= 0.3 is 6.03 Å². The molecule has 7 heteroatoms. The number of hydrogen-bond acceptors (Lipinski definition) is 4. The molecule has 144 valence electrons. The molecule has 0 radical (unpaired) electrons. The van der Waals surface area contributed by atoms with Gasteiger partial charge in [-0.15, -0.1) is 0 Å². The molecule has 2 amide bonds. The number of aromatic nitrogens is 1. The van der Waals surface area contributed by atoms with Crippen LogP contribution < -0.4 is 15.0 Å². The summed E-state index contributed by atoms with van der Waals surface area (Å²) in [5, 5.41) is 3.03. The Bertz CT molecular complexity index is 801. The van der Waals surface area contributed by atoms with Gasteiger partial charge in [0.1, 0.15) is 5.75 Å². The first-order chi connectivity index (χ1) is 13.0. The number of anilines is 1. The third kappa shape index (κ3) is 4.30. The zero-order chi connectivity index (χ0) is 19.4. The van der Waals surface area contributed by atoms with Gasteiger partial charge in [-0.05, 0) is 37.6 Å². The Morgan fingerprint density at radius 2 is 2.19 bits per heavy atom. The van der Waals surface area contributed by atoms with E-state index in [1.54, 1.807) is 24.3 Å². The zero-order valence-corrected chi connectivity index (χ0v) is 15.9. The largest absolute Gasteiger partial charge is 0.497 e. The van der Waals surface area contributed by atoms with Gasteiger partial charge < -0.3 is 19.9 Å². The molecule has 6 nitrogen and oxygen atoms in total. The van der Waals surface area contributed by atoms with Gasteiger partial charge in [0.05, 0.1) is 25.0 Å². The number of hydrogen-bond donors (Lipinski definition) is 1. The quantitative estimate of drug-likeness (QED) is 0.895. The van der Waals surface area contributed by atoms with Crippen LogP contribution in [0.5, 0.6) is 5.75 Å². The Labute approximate surface area is 158 Å². The Morgan fingerprint density at radius 1 is 1.37 bits per heavy atom. The van der Waals surface area contributed by atoms with Crippen molar-refractivity contribution in [3.05, 3.63) is 54.1 Å². The molecule has 0 spiro atoms. The van der Waals surface area contributed by atoms with E-state index in [0.717, 1.165) is 11.3 Å². The maximum absolute atomic E-state index is 14.0. The van der Waals surface area contributed by atoms with Crippen LogP contribution in [0.4, 0.5) is 14.9 Å². The van der Waals surface area contributed by atoms with Crippen molar-refractivity contribution in [2.45, 2.75) is 25.9 Å². The van der Waals surface area contributed by atoms with E-state index in [-0.39, 0.29) is 23.9 Å². The van der Waals surface area contributed by atoms with Gasteiger partial charge in [0, 0.05) is 31.9 Å². The van der Waals surface area contributed by atoms with E-state index in [1.807, 2.05) is 43.0 Å². The summed E-state index contributed by atoms with van der Waals surface area (Å²) in [7, 11) is 1.62. The second-order valence-electron chi connectivity index (χ2n) is 6.76. The number of nitrogens with one attached hydrogen (secondary N) is 1. The first-order valence-electron chi connectivity index (χ1n) is 9.05. The third-order valence-electron chi connectivity index (χ3n) is 4.91. The minimum absolute atomic E-state index is 0.00789. The van der Waals surface area contributed by atoms with Gasteiger partial charge in [0.2, 0.25) is 0 Å². The van der Waals surface area contributed by atoms with Crippen molar-refractivity contribution in [1.29, 1.82) is 0 Å². The molecule has 3 rings (SSSR count). The van der Waals surface area contributed by atoms with Crippen LogP contribution >= 0.6 is 0 Å². The van der Waals surface area contributed by atoms with E-state index in [2.05, 4.69) is 10.3 Å². The summed E-state index contributed by atoms with van der Waals surface area (Å²) in [5.41, 5.74) is 1.51. The highest BCUT2D eigenvalue weighted by Crippen LogP contribution is 2.23. The van der Waals surface area contributed by atoms with Gasteiger partial charge in [-0.25, -0.2) is 9.18 Å². The van der Waals surface area contributed by atoms with Gasteiger partial charge in [0.25, 0.3) is 0 Å². The number of ether oxygens (including phenoxy) is 1. The number of pyridine rings is 1. The number of nitrogens with zero attached hydrogens (tertiary/aromatic N) is 3. The van der Waals surface area contributed by atoms with Crippen LogP contribution in [-0.4, -0.2) is 48.7 Å². The molecule has 2 atom stereocenters. The molecule has 0 unspecified atom stereocenters. The normalized spacial score (nSPS) is 18.1. The number of rotatable bonds is 4. The molecule has 0 bridgehead atoms. The average molecular weight is 372 g/mol. The monoisotopic (exact) mass is 372 g/mol. The molecule has 2 aromatic rings. The number of amides is 2. The van der Waals surface area contributed by atoms with Gasteiger partial charge in [-0.3, -0.25) is 4.98 Å². The summed E-state index contributed by atoms with van der Waals surface area (Å²) < 4.78 is 19.3. The first kappa shape index (κ1) is 18.9. The lowest BCUT2D eigenvalue weighted by Crippen LogP contribution is -2.56. The van der Waals surface area contributed by atoms with E-state index < -0.39 is 0 Å². The average Bonchev–Trinajstić information content (AvgIpc) is 2.68. The summed E-state index contributed by atoms with van der Waals surface area (Å²) in [4.78, 5) is 20.2. The molecule has 0 aliphatic carbocycles. The summed E-state index contributed by atoms with van der Waals surface area (Å²) in [5.74, 6) is 0.420. The second-order valence-corrected chi connectivity index (χ2v) is 6.76. The molecular weight excluding hydrogens is 347 g/mol. The van der Waals surface area contributed by atoms with Gasteiger partial charge in [0.15, 0.2) is 5.82 Å². The van der Waals surface area contributed by atoms with Crippen molar-refractivity contribution in [2.75, 3.05) is 31.6 Å². The van der Waals surface area contributed by atoms with Crippen molar-refractivity contribution >= 4 is 11.7 Å². The van der Waals surface area contributed by atoms with Crippen molar-refractivity contribution in [1.82, 2.24) is 15.2 Å². The topological polar surface area (TPSA) is 57.7 Å². The first-order valence-corrected chi connectivity index (χ1v) is 9.05. The number of benzene rings is 1. The molecule has 2 heterocycles. The predicted molar refractivity (Wildman–Crippen MR) is 103 cm³/mol. The van der Waals surface area contributed by atoms with Gasteiger partial charge in [-0.2, -0.15) is 0 Å². The minimum Gasteiger partial charge on any atom is -0.497 e. The van der Waals surface area contributed by atoms with Crippen LogP contribution in [0.3, 0.4) is 0 Å². The fourth-order valence-corrected chi connectivity index (χ4v) is 3.37. The Balaban J connectivity index is 1.61. The van der Waals surface area contributed by atoms with E-state index in [9.17, 15) is 9.18 Å². The van der Waals surface area contributed by atoms with E-state index in [0.29, 0.717) is 25.3 Å². The highest BCUT2D eigenvalue weighted by Gasteiger charge is 2.28. The maximum atomic E-state index is 14.0. The molecule has 0 saturated carbocycles. The standard InChI is InChI=1S/C20H25FN4O2/c1-14-13-24(9-10-25(14)19-7-8-22-12-18(19)21)20(26)23-15(2)16-5-4-6-17(11-16)27-3/h4-8,11-12,14-15H,9-10,13H2,1-3H3,(H,23,26)/t14-,15+/m0/s1. The van der Waals surface area contributed by atoms with E-state index in [4.69, 9.17) is 4.74 Å². The molecule has 1 saturated heterocycles. The number of piperazine rings is 1. The number of urea groups is 1. The predicted octanol–water partition coefficient (Wildman–Crippen LogP) is 3.21. The second kappa shape index (κ2) is 8.24. The lowest BCUT2D eigenvalue weighted by Gasteiger charge is -2.41. The highest BCUT2D eigenvalue weighted by molar-refractivity contribution is 5.75. The molecule has 1 fully saturated rings. The fourth-order valence-electron chi connectivity index (χ4n) is 3.37. The minimum atomic E-state index is -0.339. The van der Waals surface area contributed by atoms with Crippen LogP contribution in [-0.2, 0) is 0 Å². The van der Waals surface area contributed by atoms with Crippen molar-refractivity contribution in [3.8, 4) is 5.75 Å². The van der Waals surface area contributed by atoms with Crippen LogP contribution in [0, 0.1) is 5.82 Å². The van der Waals surface area contributed by atoms with Crippen LogP contribution in [0.25, 0.3) is 0 Å². The van der Waals surface area contributed by atoms with Crippen molar-refractivity contribution < 1.29 is 13.9 Å². The molecule has 1 aliphatic rings. The highest BCUT2D eigenvalue weighted by atomic mass is 19.1. The maximum Gasteiger partial charge on any atom is 0.318 e. The van der Waals surface area contributed by atoms with Gasteiger partial charge in [-0.1, -0.05) is 12.1 Å². The summed E-state index contributed by atoms with van der Waals surface area (Å²) >= 11 is 0. The Morgan fingerprint density at radius 3 is 2.89 bits per heavy atom.